The minimum absolute atomic E-state index is 0.0487. The molecular formula is C16H20N4O3. The summed E-state index contributed by atoms with van der Waals surface area (Å²) < 4.78 is 10.2. The third-order valence-electron chi connectivity index (χ3n) is 3.97. The van der Waals surface area contributed by atoms with Crippen molar-refractivity contribution in [2.45, 2.75) is 19.4 Å². The fourth-order valence-electron chi connectivity index (χ4n) is 2.72. The first-order valence-corrected chi connectivity index (χ1v) is 7.69. The van der Waals surface area contributed by atoms with Crippen molar-refractivity contribution in [2.24, 2.45) is 5.92 Å². The van der Waals surface area contributed by atoms with Crippen LogP contribution in [-0.2, 0) is 11.3 Å². The zero-order valence-electron chi connectivity index (χ0n) is 13.1. The van der Waals surface area contributed by atoms with Gasteiger partial charge in [0.1, 0.15) is 5.76 Å². The minimum Gasteiger partial charge on any atom is -0.480 e. The molecule has 0 bridgehead atoms. The van der Waals surface area contributed by atoms with E-state index in [4.69, 9.17) is 9.15 Å². The van der Waals surface area contributed by atoms with Crippen LogP contribution in [0.5, 0.6) is 5.88 Å². The molecule has 2 aromatic heterocycles. The van der Waals surface area contributed by atoms with E-state index in [9.17, 15) is 4.79 Å². The summed E-state index contributed by atoms with van der Waals surface area (Å²) >= 11 is 0. The number of nitrogens with zero attached hydrogens (tertiary/aromatic N) is 3. The second-order valence-electron chi connectivity index (χ2n) is 5.52. The van der Waals surface area contributed by atoms with Crippen LogP contribution >= 0.6 is 0 Å². The Labute approximate surface area is 134 Å². The third kappa shape index (κ3) is 3.80. The number of nitrogens with one attached hydrogen (secondary N) is 1. The maximum absolute atomic E-state index is 12.3. The number of hydrogen-bond acceptors (Lipinski definition) is 6. The molecule has 122 valence electrons. The SMILES string of the molecule is COc1ccc(N2CCC[C@H](C(=O)NCc3ccco3)C2)nn1. The van der Waals surface area contributed by atoms with Gasteiger partial charge in [-0.05, 0) is 31.0 Å². The van der Waals surface area contributed by atoms with Gasteiger partial charge < -0.3 is 19.4 Å². The van der Waals surface area contributed by atoms with Gasteiger partial charge in [0.15, 0.2) is 5.82 Å². The van der Waals surface area contributed by atoms with Gasteiger partial charge in [-0.2, -0.15) is 0 Å². The fraction of sp³-hybridized carbons (Fsp3) is 0.438. The number of methoxy groups -OCH3 is 1. The molecule has 2 aromatic rings. The third-order valence-corrected chi connectivity index (χ3v) is 3.97. The van der Waals surface area contributed by atoms with E-state index in [-0.39, 0.29) is 11.8 Å². The predicted octanol–water partition coefficient (Wildman–Crippen LogP) is 1.61. The molecule has 3 rings (SSSR count). The number of furan rings is 1. The van der Waals surface area contributed by atoms with Crippen molar-refractivity contribution in [2.75, 3.05) is 25.1 Å². The number of carbonyl (C=O) groups is 1. The first-order chi connectivity index (χ1) is 11.3. The summed E-state index contributed by atoms with van der Waals surface area (Å²) in [5.41, 5.74) is 0. The Morgan fingerprint density at radius 3 is 3.04 bits per heavy atom. The van der Waals surface area contributed by atoms with E-state index in [2.05, 4.69) is 20.4 Å². The van der Waals surface area contributed by atoms with E-state index < -0.39 is 0 Å². The zero-order chi connectivity index (χ0) is 16.1. The zero-order valence-corrected chi connectivity index (χ0v) is 13.1. The van der Waals surface area contributed by atoms with Crippen LogP contribution in [-0.4, -0.2) is 36.3 Å². The molecule has 0 aromatic carbocycles. The molecule has 0 unspecified atom stereocenters. The highest BCUT2D eigenvalue weighted by atomic mass is 16.5. The van der Waals surface area contributed by atoms with Gasteiger partial charge in [0.25, 0.3) is 0 Å². The molecule has 1 saturated heterocycles. The first kappa shape index (κ1) is 15.3. The number of hydrogen-bond donors (Lipinski definition) is 1. The lowest BCUT2D eigenvalue weighted by Gasteiger charge is -2.32. The Hall–Kier alpha value is -2.57. The molecule has 1 N–H and O–H groups in total. The largest absolute Gasteiger partial charge is 0.480 e. The molecule has 0 spiro atoms. The molecule has 3 heterocycles. The Bertz CT molecular complexity index is 627. The lowest BCUT2D eigenvalue weighted by molar-refractivity contribution is -0.125. The Morgan fingerprint density at radius 1 is 1.43 bits per heavy atom. The molecule has 1 amide bonds. The average Bonchev–Trinajstić information content (AvgIpc) is 3.13. The number of ether oxygens (including phenoxy) is 1. The Kier molecular flexibility index (Phi) is 4.75. The number of piperidine rings is 1. The molecule has 0 saturated carbocycles. The lowest BCUT2D eigenvalue weighted by atomic mass is 9.97. The van der Waals surface area contributed by atoms with Crippen molar-refractivity contribution >= 4 is 11.7 Å². The molecule has 0 radical (unpaired) electrons. The topological polar surface area (TPSA) is 80.5 Å². The van der Waals surface area contributed by atoms with E-state index >= 15 is 0 Å². The highest BCUT2D eigenvalue weighted by Gasteiger charge is 2.26. The van der Waals surface area contributed by atoms with Gasteiger partial charge >= 0.3 is 0 Å². The second kappa shape index (κ2) is 7.13. The van der Waals surface area contributed by atoms with Gasteiger partial charge in [-0.3, -0.25) is 4.79 Å². The van der Waals surface area contributed by atoms with E-state index in [1.807, 2.05) is 18.2 Å². The predicted molar refractivity (Wildman–Crippen MR) is 84.1 cm³/mol. The van der Waals surface area contributed by atoms with Crippen LogP contribution in [0.2, 0.25) is 0 Å². The normalized spacial score (nSPS) is 17.8. The van der Waals surface area contributed by atoms with Crippen LogP contribution in [0.4, 0.5) is 5.82 Å². The van der Waals surface area contributed by atoms with Gasteiger partial charge in [-0.1, -0.05) is 0 Å². The molecule has 1 fully saturated rings. The average molecular weight is 316 g/mol. The molecule has 7 nitrogen and oxygen atoms in total. The molecule has 0 aliphatic carbocycles. The summed E-state index contributed by atoms with van der Waals surface area (Å²) in [7, 11) is 1.56. The van der Waals surface area contributed by atoms with Crippen molar-refractivity contribution in [3.05, 3.63) is 36.3 Å². The van der Waals surface area contributed by atoms with E-state index in [1.54, 1.807) is 19.4 Å². The molecule has 23 heavy (non-hydrogen) atoms. The highest BCUT2D eigenvalue weighted by Crippen LogP contribution is 2.22. The number of amides is 1. The van der Waals surface area contributed by atoms with Crippen LogP contribution in [0.1, 0.15) is 18.6 Å². The van der Waals surface area contributed by atoms with Gasteiger partial charge in [0.2, 0.25) is 11.8 Å². The molecular weight excluding hydrogens is 296 g/mol. The quantitative estimate of drug-likeness (QED) is 0.902. The number of aromatic nitrogens is 2. The Morgan fingerprint density at radius 2 is 2.35 bits per heavy atom. The minimum atomic E-state index is -0.0531. The highest BCUT2D eigenvalue weighted by molar-refractivity contribution is 5.79. The summed E-state index contributed by atoms with van der Waals surface area (Å²) in [5.74, 6) is 2.01. The van der Waals surface area contributed by atoms with Crippen molar-refractivity contribution in [1.82, 2.24) is 15.5 Å². The van der Waals surface area contributed by atoms with Crippen LogP contribution in [0.15, 0.2) is 34.9 Å². The first-order valence-electron chi connectivity index (χ1n) is 7.69. The summed E-state index contributed by atoms with van der Waals surface area (Å²) in [6, 6.07) is 7.31. The maximum atomic E-state index is 12.3. The smallest absolute Gasteiger partial charge is 0.233 e. The van der Waals surface area contributed by atoms with E-state index in [1.165, 1.54) is 0 Å². The summed E-state index contributed by atoms with van der Waals surface area (Å²) in [4.78, 5) is 14.4. The van der Waals surface area contributed by atoms with Crippen molar-refractivity contribution < 1.29 is 13.9 Å². The van der Waals surface area contributed by atoms with E-state index in [0.29, 0.717) is 19.0 Å². The number of anilines is 1. The summed E-state index contributed by atoms with van der Waals surface area (Å²) in [6.07, 6.45) is 3.43. The van der Waals surface area contributed by atoms with Crippen LogP contribution in [0.25, 0.3) is 0 Å². The monoisotopic (exact) mass is 316 g/mol. The van der Waals surface area contributed by atoms with Crippen molar-refractivity contribution in [3.8, 4) is 5.88 Å². The van der Waals surface area contributed by atoms with Gasteiger partial charge in [0.05, 0.1) is 25.8 Å². The summed E-state index contributed by atoms with van der Waals surface area (Å²) in [5, 5.41) is 11.1. The van der Waals surface area contributed by atoms with E-state index in [0.717, 1.165) is 31.0 Å². The van der Waals surface area contributed by atoms with Crippen molar-refractivity contribution in [3.63, 3.8) is 0 Å². The Balaban J connectivity index is 1.57. The molecule has 1 aliphatic heterocycles. The van der Waals surface area contributed by atoms with Crippen LogP contribution < -0.4 is 15.0 Å². The van der Waals surface area contributed by atoms with Gasteiger partial charge in [-0.25, -0.2) is 0 Å². The standard InChI is InChI=1S/C16H20N4O3/c1-22-15-7-6-14(18-19-15)20-8-2-4-12(11-20)16(21)17-10-13-5-3-9-23-13/h3,5-7,9,12H,2,4,8,10-11H2,1H3,(H,17,21)/t12-/m0/s1. The number of rotatable bonds is 5. The fourth-order valence-corrected chi connectivity index (χ4v) is 2.72. The van der Waals surface area contributed by atoms with Gasteiger partial charge in [0, 0.05) is 19.2 Å². The molecule has 1 atom stereocenters. The van der Waals surface area contributed by atoms with Crippen LogP contribution in [0, 0.1) is 5.92 Å². The summed E-state index contributed by atoms with van der Waals surface area (Å²) in [6.45, 7) is 1.94. The molecule has 1 aliphatic rings. The molecule has 7 heteroatoms. The number of carbonyl (C=O) groups excluding carboxylic acids is 1. The van der Waals surface area contributed by atoms with Crippen molar-refractivity contribution in [1.29, 1.82) is 0 Å². The lowest BCUT2D eigenvalue weighted by Crippen LogP contribution is -2.43. The second-order valence-corrected chi connectivity index (χ2v) is 5.52. The van der Waals surface area contributed by atoms with Gasteiger partial charge in [-0.15, -0.1) is 10.2 Å². The maximum Gasteiger partial charge on any atom is 0.233 e. The van der Waals surface area contributed by atoms with Crippen LogP contribution in [0.3, 0.4) is 0 Å².